The topological polar surface area (TPSA) is 33.3 Å². The number of hydrogen-bond donors (Lipinski definition) is 2. The van der Waals surface area contributed by atoms with Crippen LogP contribution in [-0.4, -0.2) is 32.3 Å². The van der Waals surface area contributed by atoms with Crippen molar-refractivity contribution in [1.29, 1.82) is 0 Å². The lowest BCUT2D eigenvalue weighted by molar-refractivity contribution is 0.0388. The van der Waals surface area contributed by atoms with Gasteiger partial charge in [-0.3, -0.25) is 0 Å². The third-order valence-corrected chi connectivity index (χ3v) is 3.06. The van der Waals surface area contributed by atoms with Crippen LogP contribution in [-0.2, 0) is 11.3 Å². The van der Waals surface area contributed by atoms with Crippen molar-refractivity contribution in [2.24, 2.45) is 0 Å². The highest BCUT2D eigenvalue weighted by Crippen LogP contribution is 2.05. The minimum atomic E-state index is 0.419. The maximum atomic E-state index is 5.80. The van der Waals surface area contributed by atoms with E-state index in [1.807, 2.05) is 19.9 Å². The zero-order valence-electron chi connectivity index (χ0n) is 12.3. The van der Waals surface area contributed by atoms with Crippen LogP contribution < -0.4 is 10.6 Å². The first-order valence-electron chi connectivity index (χ1n) is 7.52. The lowest BCUT2D eigenvalue weighted by Crippen LogP contribution is -2.36. The Morgan fingerprint density at radius 3 is 2.74 bits per heavy atom. The van der Waals surface area contributed by atoms with Crippen molar-refractivity contribution >= 4 is 0 Å². The molecule has 1 aromatic carbocycles. The first-order valence-corrected chi connectivity index (χ1v) is 7.52. The maximum Gasteiger partial charge on any atom is 0.0700 e. The van der Waals surface area contributed by atoms with Crippen molar-refractivity contribution in [3.8, 4) is 0 Å². The highest BCUT2D eigenvalue weighted by atomic mass is 16.5. The van der Waals surface area contributed by atoms with Crippen LogP contribution in [0.25, 0.3) is 0 Å². The van der Waals surface area contributed by atoms with Gasteiger partial charge in [-0.25, -0.2) is 0 Å². The largest absolute Gasteiger partial charge is 0.376 e. The van der Waals surface area contributed by atoms with E-state index in [4.69, 9.17) is 4.74 Å². The van der Waals surface area contributed by atoms with Gasteiger partial charge in [0.05, 0.1) is 12.7 Å². The van der Waals surface area contributed by atoms with Crippen LogP contribution in [0, 0.1) is 0 Å². The van der Waals surface area contributed by atoms with Crippen LogP contribution in [0.1, 0.15) is 32.3 Å². The summed E-state index contributed by atoms with van der Waals surface area (Å²) in [5.41, 5.74) is 1.33. The van der Waals surface area contributed by atoms with E-state index in [-0.39, 0.29) is 0 Å². The minimum Gasteiger partial charge on any atom is -0.376 e. The molecule has 3 nitrogen and oxygen atoms in total. The summed E-state index contributed by atoms with van der Waals surface area (Å²) < 4.78 is 5.80. The second-order valence-electron chi connectivity index (χ2n) is 4.50. The van der Waals surface area contributed by atoms with Crippen LogP contribution in [0.4, 0.5) is 0 Å². The Morgan fingerprint density at radius 1 is 1.26 bits per heavy atom. The van der Waals surface area contributed by atoms with Gasteiger partial charge in [0.1, 0.15) is 0 Å². The van der Waals surface area contributed by atoms with Crippen molar-refractivity contribution in [3.63, 3.8) is 0 Å². The van der Waals surface area contributed by atoms with E-state index in [1.165, 1.54) is 18.4 Å². The van der Waals surface area contributed by atoms with Gasteiger partial charge in [0.2, 0.25) is 0 Å². The molecule has 0 bridgehead atoms. The second-order valence-corrected chi connectivity index (χ2v) is 4.50. The molecule has 1 aliphatic heterocycles. The van der Waals surface area contributed by atoms with Crippen LogP contribution in [0.5, 0.6) is 0 Å². The van der Waals surface area contributed by atoms with Crippen molar-refractivity contribution in [3.05, 3.63) is 35.9 Å². The van der Waals surface area contributed by atoms with Gasteiger partial charge in [-0.15, -0.1) is 0 Å². The molecule has 2 rings (SSSR count). The fraction of sp³-hybridized carbons (Fsp3) is 0.625. The quantitative estimate of drug-likeness (QED) is 0.775. The van der Waals surface area contributed by atoms with Crippen molar-refractivity contribution < 1.29 is 4.74 Å². The van der Waals surface area contributed by atoms with E-state index in [2.05, 4.69) is 34.9 Å². The molecule has 1 unspecified atom stereocenters. The fourth-order valence-corrected chi connectivity index (χ4v) is 2.09. The van der Waals surface area contributed by atoms with Gasteiger partial charge in [-0.2, -0.15) is 0 Å². The first kappa shape index (κ1) is 16.2. The van der Waals surface area contributed by atoms with Crippen LogP contribution in [0.15, 0.2) is 30.3 Å². The molecule has 0 saturated carbocycles. The molecule has 1 fully saturated rings. The zero-order chi connectivity index (χ0) is 13.8. The third kappa shape index (κ3) is 7.31. The van der Waals surface area contributed by atoms with E-state index in [9.17, 15) is 0 Å². The molecule has 0 radical (unpaired) electrons. The monoisotopic (exact) mass is 264 g/mol. The maximum absolute atomic E-state index is 5.80. The Hall–Kier alpha value is -0.900. The lowest BCUT2D eigenvalue weighted by atomic mass is 10.1. The van der Waals surface area contributed by atoms with Crippen LogP contribution in [0.3, 0.4) is 0 Å². The third-order valence-electron chi connectivity index (χ3n) is 3.06. The molecular weight excluding hydrogens is 236 g/mol. The molecule has 3 heteroatoms. The van der Waals surface area contributed by atoms with Crippen molar-refractivity contribution in [2.45, 2.75) is 39.3 Å². The summed E-state index contributed by atoms with van der Waals surface area (Å²) in [6.45, 7) is 8.81. The number of ether oxygens (including phenoxy) is 1. The highest BCUT2D eigenvalue weighted by molar-refractivity contribution is 5.14. The molecule has 1 heterocycles. The molecule has 108 valence electrons. The molecule has 1 aliphatic rings. The number of nitrogens with one attached hydrogen (secondary N) is 2. The van der Waals surface area contributed by atoms with E-state index < -0.39 is 0 Å². The summed E-state index contributed by atoms with van der Waals surface area (Å²) in [4.78, 5) is 0. The molecule has 19 heavy (non-hydrogen) atoms. The Balaban J connectivity index is 0.000000861. The minimum absolute atomic E-state index is 0.419. The summed E-state index contributed by atoms with van der Waals surface area (Å²) in [6, 6.07) is 10.5. The highest BCUT2D eigenvalue weighted by Gasteiger charge is 2.12. The van der Waals surface area contributed by atoms with Crippen molar-refractivity contribution in [1.82, 2.24) is 10.6 Å². The van der Waals surface area contributed by atoms with Gasteiger partial charge in [0.25, 0.3) is 0 Å². The normalized spacial score (nSPS) is 18.5. The predicted octanol–water partition coefficient (Wildman–Crippen LogP) is 2.57. The number of benzene rings is 1. The summed E-state index contributed by atoms with van der Waals surface area (Å²) in [5.74, 6) is 0. The standard InChI is InChI=1S/C14H22N2O.C2H6/c1-2-5-13(6-3-1)11-16-9-10-17-14-7-4-8-15-12-14;1-2/h1-3,5-6,14-16H,4,7-12H2;1-2H3. The number of hydrogen-bond acceptors (Lipinski definition) is 3. The molecule has 1 aromatic rings. The molecule has 1 atom stereocenters. The molecule has 0 aliphatic carbocycles. The molecular formula is C16H28N2O. The Bertz CT molecular complexity index is 297. The average Bonchev–Trinajstić information content (AvgIpc) is 2.51. The van der Waals surface area contributed by atoms with Crippen LogP contribution >= 0.6 is 0 Å². The average molecular weight is 264 g/mol. The van der Waals surface area contributed by atoms with E-state index in [0.29, 0.717) is 6.10 Å². The summed E-state index contributed by atoms with van der Waals surface area (Å²) in [7, 11) is 0. The van der Waals surface area contributed by atoms with Gasteiger partial charge < -0.3 is 15.4 Å². The zero-order valence-corrected chi connectivity index (χ0v) is 12.3. The fourth-order valence-electron chi connectivity index (χ4n) is 2.09. The van der Waals surface area contributed by atoms with Gasteiger partial charge in [0.15, 0.2) is 0 Å². The predicted molar refractivity (Wildman–Crippen MR) is 81.3 cm³/mol. The Morgan fingerprint density at radius 2 is 2.05 bits per heavy atom. The lowest BCUT2D eigenvalue weighted by Gasteiger charge is -2.23. The molecule has 0 aromatic heterocycles. The first-order chi connectivity index (χ1) is 9.45. The smallest absolute Gasteiger partial charge is 0.0700 e. The summed E-state index contributed by atoms with van der Waals surface area (Å²) >= 11 is 0. The molecule has 0 amide bonds. The Labute approximate surface area is 117 Å². The van der Waals surface area contributed by atoms with E-state index in [0.717, 1.165) is 32.8 Å². The SMILES string of the molecule is CC.c1ccc(CNCCOC2CCCNC2)cc1. The van der Waals surface area contributed by atoms with Gasteiger partial charge in [0, 0.05) is 19.6 Å². The second kappa shape index (κ2) is 11.0. The van der Waals surface area contributed by atoms with E-state index >= 15 is 0 Å². The number of piperidine rings is 1. The number of rotatable bonds is 6. The van der Waals surface area contributed by atoms with Crippen LogP contribution in [0.2, 0.25) is 0 Å². The van der Waals surface area contributed by atoms with Crippen molar-refractivity contribution in [2.75, 3.05) is 26.2 Å². The Kier molecular flexibility index (Phi) is 9.33. The van der Waals surface area contributed by atoms with Gasteiger partial charge in [-0.1, -0.05) is 44.2 Å². The summed E-state index contributed by atoms with van der Waals surface area (Å²) in [6.07, 6.45) is 2.86. The van der Waals surface area contributed by atoms with Gasteiger partial charge in [-0.05, 0) is 24.9 Å². The van der Waals surface area contributed by atoms with E-state index in [1.54, 1.807) is 0 Å². The van der Waals surface area contributed by atoms with Gasteiger partial charge >= 0.3 is 0 Å². The summed E-state index contributed by atoms with van der Waals surface area (Å²) in [5, 5.41) is 6.75. The molecule has 2 N–H and O–H groups in total. The molecule has 0 spiro atoms. The molecule has 1 saturated heterocycles.